The Morgan fingerprint density at radius 1 is 1.07 bits per heavy atom. The van der Waals surface area contributed by atoms with Crippen LogP contribution in [0.1, 0.15) is 0 Å². The van der Waals surface area contributed by atoms with Gasteiger partial charge in [0.1, 0.15) is 0 Å². The maximum absolute atomic E-state index is 11.1. The Balaban J connectivity index is 2.69. The van der Waals surface area contributed by atoms with Crippen LogP contribution in [-0.4, -0.2) is 14.2 Å². The van der Waals surface area contributed by atoms with Gasteiger partial charge in [-0.3, -0.25) is 0 Å². The molecule has 0 radical (unpaired) electrons. The van der Waals surface area contributed by atoms with Crippen molar-refractivity contribution in [2.45, 2.75) is 0 Å². The lowest BCUT2D eigenvalue weighted by atomic mass is 10.1. The fraction of sp³-hybridized carbons (Fsp3) is 0.182. The van der Waals surface area contributed by atoms with Crippen LogP contribution in [0.3, 0.4) is 0 Å². The lowest BCUT2D eigenvalue weighted by molar-refractivity contribution is -0.603. The molecule has 0 N–H and O–H groups in total. The Morgan fingerprint density at radius 3 is 2.27 bits per heavy atom. The molecule has 0 aliphatic heterocycles. The fourth-order valence-electron chi connectivity index (χ4n) is 1.50. The summed E-state index contributed by atoms with van der Waals surface area (Å²) in [5.41, 5.74) is 0. The van der Waals surface area contributed by atoms with Crippen molar-refractivity contribution in [3.63, 3.8) is 0 Å². The summed E-state index contributed by atoms with van der Waals surface area (Å²) >= 11 is 0. The van der Waals surface area contributed by atoms with Crippen LogP contribution in [0.4, 0.5) is 0 Å². The van der Waals surface area contributed by atoms with E-state index in [1.807, 2.05) is 6.07 Å². The Labute approximate surface area is 87.2 Å². The quantitative estimate of drug-likeness (QED) is 0.551. The van der Waals surface area contributed by atoms with Crippen LogP contribution in [0.25, 0.3) is 10.8 Å². The number of ether oxygens (including phenoxy) is 2. The second-order valence-electron chi connectivity index (χ2n) is 3.14. The van der Waals surface area contributed by atoms with Crippen LogP contribution in [0, 0.1) is 5.21 Å². The van der Waals surface area contributed by atoms with E-state index in [1.165, 1.54) is 12.4 Å². The van der Waals surface area contributed by atoms with Crippen molar-refractivity contribution in [1.82, 2.24) is 0 Å². The number of methoxy groups -OCH3 is 2. The third-order valence-corrected chi connectivity index (χ3v) is 2.26. The molecule has 1 heterocycles. The highest BCUT2D eigenvalue weighted by Crippen LogP contribution is 2.31. The summed E-state index contributed by atoms with van der Waals surface area (Å²) < 4.78 is 11.1. The third kappa shape index (κ3) is 1.66. The van der Waals surface area contributed by atoms with Crippen LogP contribution >= 0.6 is 0 Å². The minimum atomic E-state index is 0.621. The monoisotopic (exact) mass is 205 g/mol. The van der Waals surface area contributed by atoms with Gasteiger partial charge in [-0.05, 0) is 17.5 Å². The second kappa shape index (κ2) is 3.65. The van der Waals surface area contributed by atoms with Crippen LogP contribution in [0.5, 0.6) is 11.5 Å². The molecule has 0 saturated carbocycles. The van der Waals surface area contributed by atoms with Crippen molar-refractivity contribution in [3.8, 4) is 11.5 Å². The van der Waals surface area contributed by atoms with E-state index in [0.29, 0.717) is 11.5 Å². The number of nitrogens with zero attached hydrogens (tertiary/aromatic N) is 1. The summed E-state index contributed by atoms with van der Waals surface area (Å²) in [6, 6.07) is 5.36. The Morgan fingerprint density at radius 2 is 1.67 bits per heavy atom. The van der Waals surface area contributed by atoms with Gasteiger partial charge in [0, 0.05) is 6.07 Å². The smallest absolute Gasteiger partial charge is 0.188 e. The minimum absolute atomic E-state index is 0.621. The van der Waals surface area contributed by atoms with Gasteiger partial charge in [0.15, 0.2) is 23.9 Å². The summed E-state index contributed by atoms with van der Waals surface area (Å²) in [6.45, 7) is 0. The molecule has 0 atom stereocenters. The van der Waals surface area contributed by atoms with Crippen molar-refractivity contribution < 1.29 is 14.2 Å². The first kappa shape index (κ1) is 9.58. The molecule has 1 aromatic heterocycles. The number of aromatic nitrogens is 1. The van der Waals surface area contributed by atoms with Crippen molar-refractivity contribution in [2.24, 2.45) is 0 Å². The molecular formula is C11H11NO3. The zero-order valence-electron chi connectivity index (χ0n) is 8.56. The van der Waals surface area contributed by atoms with E-state index in [-0.39, 0.29) is 0 Å². The molecule has 2 rings (SSSR count). The van der Waals surface area contributed by atoms with Gasteiger partial charge < -0.3 is 14.7 Å². The standard InChI is InChI=1S/C11H11NO3/c1-14-10-5-8-3-4-12(13)7-9(8)6-11(10)15-2/h3-7H,1-2H3. The van der Waals surface area contributed by atoms with Crippen molar-refractivity contribution >= 4 is 10.8 Å². The maximum Gasteiger partial charge on any atom is 0.188 e. The van der Waals surface area contributed by atoms with Crippen molar-refractivity contribution in [2.75, 3.05) is 14.2 Å². The zero-order chi connectivity index (χ0) is 10.8. The third-order valence-electron chi connectivity index (χ3n) is 2.26. The highest BCUT2D eigenvalue weighted by molar-refractivity contribution is 5.84. The molecule has 0 aliphatic rings. The molecule has 15 heavy (non-hydrogen) atoms. The highest BCUT2D eigenvalue weighted by Gasteiger charge is 2.07. The van der Waals surface area contributed by atoms with E-state index in [2.05, 4.69) is 0 Å². The summed E-state index contributed by atoms with van der Waals surface area (Å²) in [7, 11) is 3.15. The number of hydrogen-bond acceptors (Lipinski definition) is 3. The highest BCUT2D eigenvalue weighted by atomic mass is 16.5. The van der Waals surface area contributed by atoms with Gasteiger partial charge in [0.05, 0.1) is 19.6 Å². The molecule has 0 fully saturated rings. The maximum atomic E-state index is 11.1. The minimum Gasteiger partial charge on any atom is -0.619 e. The van der Waals surface area contributed by atoms with Crippen LogP contribution in [0.2, 0.25) is 0 Å². The van der Waals surface area contributed by atoms with E-state index in [1.54, 1.807) is 26.4 Å². The average Bonchev–Trinajstić information content (AvgIpc) is 2.27. The summed E-state index contributed by atoms with van der Waals surface area (Å²) in [5, 5.41) is 12.9. The topological polar surface area (TPSA) is 45.4 Å². The first-order valence-corrected chi connectivity index (χ1v) is 4.49. The SMILES string of the molecule is COc1cc2cc[n+]([O-])cc2cc1OC. The van der Waals surface area contributed by atoms with Gasteiger partial charge in [0.25, 0.3) is 0 Å². The van der Waals surface area contributed by atoms with Gasteiger partial charge in [-0.25, -0.2) is 0 Å². The van der Waals surface area contributed by atoms with Gasteiger partial charge in [-0.15, -0.1) is 0 Å². The van der Waals surface area contributed by atoms with Gasteiger partial charge >= 0.3 is 0 Å². The number of hydrogen-bond donors (Lipinski definition) is 0. The predicted octanol–water partition coefficient (Wildman–Crippen LogP) is 1.49. The van der Waals surface area contributed by atoms with E-state index in [4.69, 9.17) is 9.47 Å². The number of pyridine rings is 1. The van der Waals surface area contributed by atoms with Crippen molar-refractivity contribution in [3.05, 3.63) is 35.8 Å². The normalized spacial score (nSPS) is 10.3. The largest absolute Gasteiger partial charge is 0.619 e. The van der Waals surface area contributed by atoms with Crippen LogP contribution < -0.4 is 14.2 Å². The van der Waals surface area contributed by atoms with Gasteiger partial charge in [0.2, 0.25) is 0 Å². The molecule has 4 nitrogen and oxygen atoms in total. The Bertz CT molecular complexity index is 496. The number of benzene rings is 1. The summed E-state index contributed by atoms with van der Waals surface area (Å²) in [6.07, 6.45) is 2.95. The lowest BCUT2D eigenvalue weighted by Gasteiger charge is -2.08. The van der Waals surface area contributed by atoms with E-state index in [9.17, 15) is 5.21 Å². The molecule has 0 aliphatic carbocycles. The van der Waals surface area contributed by atoms with Crippen LogP contribution in [-0.2, 0) is 0 Å². The molecule has 4 heteroatoms. The molecule has 0 spiro atoms. The molecule has 78 valence electrons. The van der Waals surface area contributed by atoms with Gasteiger partial charge in [-0.2, -0.15) is 4.73 Å². The zero-order valence-corrected chi connectivity index (χ0v) is 8.56. The number of rotatable bonds is 2. The average molecular weight is 205 g/mol. The van der Waals surface area contributed by atoms with E-state index in [0.717, 1.165) is 15.5 Å². The fourth-order valence-corrected chi connectivity index (χ4v) is 1.50. The molecule has 2 aromatic rings. The summed E-state index contributed by atoms with van der Waals surface area (Å²) in [4.78, 5) is 0. The van der Waals surface area contributed by atoms with E-state index < -0.39 is 0 Å². The first-order chi connectivity index (χ1) is 7.24. The molecule has 0 bridgehead atoms. The molecular weight excluding hydrogens is 194 g/mol. The first-order valence-electron chi connectivity index (χ1n) is 4.49. The number of fused-ring (bicyclic) bond motifs is 1. The van der Waals surface area contributed by atoms with Gasteiger partial charge in [-0.1, -0.05) is 0 Å². The second-order valence-corrected chi connectivity index (χ2v) is 3.14. The molecule has 1 aromatic carbocycles. The molecule has 0 unspecified atom stereocenters. The summed E-state index contributed by atoms with van der Waals surface area (Å²) in [5.74, 6) is 1.28. The molecule has 0 saturated heterocycles. The predicted molar refractivity (Wildman–Crippen MR) is 56.0 cm³/mol. The Kier molecular flexibility index (Phi) is 2.33. The van der Waals surface area contributed by atoms with Crippen LogP contribution in [0.15, 0.2) is 30.6 Å². The Hall–Kier alpha value is -1.97. The lowest BCUT2D eigenvalue weighted by Crippen LogP contribution is -2.23. The van der Waals surface area contributed by atoms with E-state index >= 15 is 0 Å². The molecule has 0 amide bonds. The van der Waals surface area contributed by atoms with Crippen molar-refractivity contribution in [1.29, 1.82) is 0 Å².